The summed E-state index contributed by atoms with van der Waals surface area (Å²) in [6.07, 6.45) is 4.47. The van der Waals surface area contributed by atoms with E-state index in [0.717, 1.165) is 25.8 Å². The van der Waals surface area contributed by atoms with Gasteiger partial charge in [-0.05, 0) is 36.8 Å². The van der Waals surface area contributed by atoms with Gasteiger partial charge >= 0.3 is 0 Å². The van der Waals surface area contributed by atoms with Gasteiger partial charge in [-0.15, -0.1) is 0 Å². The largest absolute Gasteiger partial charge is 0.355 e. The number of aryl methyl sites for hydroxylation is 1. The number of carbonyl (C=O) groups is 1. The van der Waals surface area contributed by atoms with Crippen LogP contribution in [0.15, 0.2) is 24.3 Å². The standard InChI is InChI=1S/C15H22N2O/c1-2-10-16-15(18)11-17-14-9-5-7-12-6-3-4-8-13(12)14/h3-4,6,8,14,17H,2,5,7,9-11H2,1H3,(H,16,18). The zero-order valence-electron chi connectivity index (χ0n) is 11.0. The van der Waals surface area contributed by atoms with Crippen LogP contribution in [0.2, 0.25) is 0 Å². The van der Waals surface area contributed by atoms with Crippen molar-refractivity contribution in [1.82, 2.24) is 10.6 Å². The van der Waals surface area contributed by atoms with Crippen molar-refractivity contribution in [1.29, 1.82) is 0 Å². The van der Waals surface area contributed by atoms with Gasteiger partial charge in [0.1, 0.15) is 0 Å². The molecule has 1 atom stereocenters. The molecule has 1 aliphatic carbocycles. The molecule has 0 spiro atoms. The van der Waals surface area contributed by atoms with Gasteiger partial charge < -0.3 is 10.6 Å². The lowest BCUT2D eigenvalue weighted by Gasteiger charge is -2.26. The Morgan fingerprint density at radius 3 is 3.06 bits per heavy atom. The van der Waals surface area contributed by atoms with Gasteiger partial charge in [-0.25, -0.2) is 0 Å². The van der Waals surface area contributed by atoms with Gasteiger partial charge in [-0.3, -0.25) is 4.79 Å². The lowest BCUT2D eigenvalue weighted by molar-refractivity contribution is -0.120. The molecule has 0 aromatic heterocycles. The van der Waals surface area contributed by atoms with Crippen LogP contribution in [0, 0.1) is 0 Å². The number of carbonyl (C=O) groups excluding carboxylic acids is 1. The van der Waals surface area contributed by atoms with E-state index in [2.05, 4.69) is 41.8 Å². The minimum Gasteiger partial charge on any atom is -0.355 e. The van der Waals surface area contributed by atoms with E-state index in [1.54, 1.807) is 0 Å². The van der Waals surface area contributed by atoms with E-state index >= 15 is 0 Å². The molecule has 0 aliphatic heterocycles. The average Bonchev–Trinajstić information content (AvgIpc) is 2.42. The van der Waals surface area contributed by atoms with Crippen LogP contribution < -0.4 is 10.6 Å². The molecule has 0 saturated carbocycles. The Morgan fingerprint density at radius 2 is 2.22 bits per heavy atom. The Kier molecular flexibility index (Phi) is 4.76. The molecule has 0 bridgehead atoms. The lowest BCUT2D eigenvalue weighted by atomic mass is 9.88. The summed E-state index contributed by atoms with van der Waals surface area (Å²) in [5, 5.41) is 6.27. The average molecular weight is 246 g/mol. The molecule has 1 aliphatic rings. The van der Waals surface area contributed by atoms with Crippen molar-refractivity contribution >= 4 is 5.91 Å². The van der Waals surface area contributed by atoms with Gasteiger partial charge in [-0.1, -0.05) is 31.2 Å². The first-order chi connectivity index (χ1) is 8.81. The number of amides is 1. The number of rotatable bonds is 5. The second-order valence-electron chi connectivity index (χ2n) is 4.87. The molecule has 0 saturated heterocycles. The van der Waals surface area contributed by atoms with E-state index < -0.39 is 0 Å². The van der Waals surface area contributed by atoms with Crippen molar-refractivity contribution in [3.05, 3.63) is 35.4 Å². The van der Waals surface area contributed by atoms with Gasteiger partial charge in [0.05, 0.1) is 6.54 Å². The van der Waals surface area contributed by atoms with Crippen molar-refractivity contribution in [3.8, 4) is 0 Å². The zero-order chi connectivity index (χ0) is 12.8. The van der Waals surface area contributed by atoms with Gasteiger partial charge in [0.2, 0.25) is 5.91 Å². The predicted octanol–water partition coefficient (Wildman–Crippen LogP) is 2.18. The quantitative estimate of drug-likeness (QED) is 0.836. The Balaban J connectivity index is 1.89. The maximum atomic E-state index is 11.6. The van der Waals surface area contributed by atoms with E-state index in [-0.39, 0.29) is 5.91 Å². The first-order valence-electron chi connectivity index (χ1n) is 6.89. The third kappa shape index (κ3) is 3.33. The maximum Gasteiger partial charge on any atom is 0.233 e. The molecular formula is C15H22N2O. The first kappa shape index (κ1) is 13.1. The van der Waals surface area contributed by atoms with Crippen molar-refractivity contribution in [2.45, 2.75) is 38.6 Å². The Morgan fingerprint density at radius 1 is 1.39 bits per heavy atom. The van der Waals surface area contributed by atoms with E-state index in [0.29, 0.717) is 12.6 Å². The highest BCUT2D eigenvalue weighted by Crippen LogP contribution is 2.29. The van der Waals surface area contributed by atoms with Crippen LogP contribution in [0.25, 0.3) is 0 Å². The molecule has 0 radical (unpaired) electrons. The van der Waals surface area contributed by atoms with E-state index in [4.69, 9.17) is 0 Å². The summed E-state index contributed by atoms with van der Waals surface area (Å²) in [5.41, 5.74) is 2.79. The number of hydrogen-bond acceptors (Lipinski definition) is 2. The van der Waals surface area contributed by atoms with Crippen LogP contribution in [0.5, 0.6) is 0 Å². The molecule has 3 heteroatoms. The summed E-state index contributed by atoms with van der Waals surface area (Å²) < 4.78 is 0. The Hall–Kier alpha value is -1.35. The van der Waals surface area contributed by atoms with Crippen LogP contribution in [-0.4, -0.2) is 19.0 Å². The normalized spacial score (nSPS) is 18.2. The minimum absolute atomic E-state index is 0.0971. The summed E-state index contributed by atoms with van der Waals surface area (Å²) in [6.45, 7) is 3.24. The van der Waals surface area contributed by atoms with Crippen LogP contribution in [0.4, 0.5) is 0 Å². The topological polar surface area (TPSA) is 41.1 Å². The summed E-state index contributed by atoms with van der Waals surface area (Å²) in [6, 6.07) is 8.88. The molecule has 18 heavy (non-hydrogen) atoms. The summed E-state index contributed by atoms with van der Waals surface area (Å²) >= 11 is 0. The molecular weight excluding hydrogens is 224 g/mol. The Bertz CT molecular complexity index is 403. The summed E-state index contributed by atoms with van der Waals surface area (Å²) in [7, 11) is 0. The molecule has 98 valence electrons. The number of hydrogen-bond donors (Lipinski definition) is 2. The number of nitrogens with one attached hydrogen (secondary N) is 2. The fourth-order valence-corrected chi connectivity index (χ4v) is 2.51. The van der Waals surface area contributed by atoms with Crippen LogP contribution in [0.1, 0.15) is 43.4 Å². The molecule has 1 unspecified atom stereocenters. The first-order valence-corrected chi connectivity index (χ1v) is 6.89. The molecule has 1 aromatic carbocycles. The second kappa shape index (κ2) is 6.55. The van der Waals surface area contributed by atoms with E-state index in [1.807, 2.05) is 0 Å². The molecule has 0 heterocycles. The van der Waals surface area contributed by atoms with Gasteiger partial charge in [0, 0.05) is 12.6 Å². The number of fused-ring (bicyclic) bond motifs is 1. The molecule has 2 N–H and O–H groups in total. The minimum atomic E-state index is 0.0971. The van der Waals surface area contributed by atoms with Crippen LogP contribution in [-0.2, 0) is 11.2 Å². The third-order valence-electron chi connectivity index (χ3n) is 3.45. The fraction of sp³-hybridized carbons (Fsp3) is 0.533. The van der Waals surface area contributed by atoms with Gasteiger partial charge in [0.15, 0.2) is 0 Å². The van der Waals surface area contributed by atoms with Crippen molar-refractivity contribution in [2.75, 3.05) is 13.1 Å². The lowest BCUT2D eigenvalue weighted by Crippen LogP contribution is -2.37. The summed E-state index contributed by atoms with van der Waals surface area (Å²) in [4.78, 5) is 11.6. The maximum absolute atomic E-state index is 11.6. The predicted molar refractivity (Wildman–Crippen MR) is 73.4 cm³/mol. The molecule has 2 rings (SSSR count). The SMILES string of the molecule is CCCNC(=O)CNC1CCCc2ccccc21. The molecule has 1 aromatic rings. The van der Waals surface area contributed by atoms with Crippen molar-refractivity contribution in [3.63, 3.8) is 0 Å². The monoisotopic (exact) mass is 246 g/mol. The van der Waals surface area contributed by atoms with Crippen LogP contribution >= 0.6 is 0 Å². The molecule has 3 nitrogen and oxygen atoms in total. The highest BCUT2D eigenvalue weighted by molar-refractivity contribution is 5.78. The van der Waals surface area contributed by atoms with Crippen molar-refractivity contribution < 1.29 is 4.79 Å². The Labute approximate surface area is 109 Å². The highest BCUT2D eigenvalue weighted by Gasteiger charge is 2.19. The smallest absolute Gasteiger partial charge is 0.233 e. The zero-order valence-corrected chi connectivity index (χ0v) is 11.0. The molecule has 1 amide bonds. The number of benzene rings is 1. The third-order valence-corrected chi connectivity index (χ3v) is 3.45. The van der Waals surface area contributed by atoms with Gasteiger partial charge in [0.25, 0.3) is 0 Å². The fourth-order valence-electron chi connectivity index (χ4n) is 2.51. The highest BCUT2D eigenvalue weighted by atomic mass is 16.1. The summed E-state index contributed by atoms with van der Waals surface area (Å²) in [5.74, 6) is 0.0971. The van der Waals surface area contributed by atoms with Crippen molar-refractivity contribution in [2.24, 2.45) is 0 Å². The van der Waals surface area contributed by atoms with Crippen LogP contribution in [0.3, 0.4) is 0 Å². The molecule has 0 fully saturated rings. The second-order valence-corrected chi connectivity index (χ2v) is 4.87. The van der Waals surface area contributed by atoms with E-state index in [1.165, 1.54) is 17.5 Å². The van der Waals surface area contributed by atoms with Gasteiger partial charge in [-0.2, -0.15) is 0 Å². The van der Waals surface area contributed by atoms with E-state index in [9.17, 15) is 4.79 Å².